The van der Waals surface area contributed by atoms with Crippen molar-refractivity contribution in [1.29, 1.82) is 0 Å². The first kappa shape index (κ1) is 23.5. The van der Waals surface area contributed by atoms with E-state index in [1.165, 1.54) is 10.4 Å². The molecule has 0 spiro atoms. The van der Waals surface area contributed by atoms with Crippen LogP contribution in [0.4, 0.5) is 10.1 Å². The van der Waals surface area contributed by atoms with Crippen molar-refractivity contribution < 1.29 is 17.6 Å². The van der Waals surface area contributed by atoms with Crippen LogP contribution >= 0.6 is 11.6 Å². The summed E-state index contributed by atoms with van der Waals surface area (Å²) in [7, 11) is -1.75. The van der Waals surface area contributed by atoms with Crippen LogP contribution in [-0.2, 0) is 14.8 Å². The number of anilines is 1. The van der Waals surface area contributed by atoms with E-state index >= 15 is 0 Å². The quantitative estimate of drug-likeness (QED) is 0.603. The van der Waals surface area contributed by atoms with Crippen molar-refractivity contribution >= 4 is 33.2 Å². The molecule has 1 N–H and O–H groups in total. The maximum atomic E-state index is 13.3. The fourth-order valence-corrected chi connectivity index (χ4v) is 5.37. The van der Waals surface area contributed by atoms with E-state index in [1.807, 2.05) is 37.4 Å². The molecule has 0 bridgehead atoms. The zero-order valence-corrected chi connectivity index (χ0v) is 19.0. The Bertz CT molecular complexity index is 996. The molecule has 9 heteroatoms. The summed E-state index contributed by atoms with van der Waals surface area (Å²) >= 11 is 5.72. The zero-order valence-electron chi connectivity index (χ0n) is 17.4. The summed E-state index contributed by atoms with van der Waals surface area (Å²) in [6.07, 6.45) is 1.71. The maximum Gasteiger partial charge on any atom is 0.243 e. The first-order chi connectivity index (χ1) is 14.8. The van der Waals surface area contributed by atoms with Gasteiger partial charge in [0.15, 0.2) is 0 Å². The molecular formula is C22H27ClFN3O3S. The highest BCUT2D eigenvalue weighted by Crippen LogP contribution is 2.26. The predicted octanol–water partition coefficient (Wildman–Crippen LogP) is 3.52. The number of rotatable bonds is 8. The van der Waals surface area contributed by atoms with Gasteiger partial charge in [0.2, 0.25) is 15.9 Å². The predicted molar refractivity (Wildman–Crippen MR) is 120 cm³/mol. The van der Waals surface area contributed by atoms with Crippen LogP contribution in [0.1, 0.15) is 19.3 Å². The second-order valence-electron chi connectivity index (χ2n) is 7.66. The number of nitrogens with zero attached hydrogens (tertiary/aromatic N) is 2. The van der Waals surface area contributed by atoms with E-state index < -0.39 is 15.8 Å². The van der Waals surface area contributed by atoms with Crippen LogP contribution in [0.15, 0.2) is 53.4 Å². The first-order valence-corrected chi connectivity index (χ1v) is 12.1. The summed E-state index contributed by atoms with van der Waals surface area (Å²) in [5.74, 6) is -0.912. The Labute approximate surface area is 188 Å². The van der Waals surface area contributed by atoms with Crippen LogP contribution in [0.2, 0.25) is 5.02 Å². The van der Waals surface area contributed by atoms with Gasteiger partial charge in [-0.15, -0.1) is 0 Å². The topological polar surface area (TPSA) is 69.7 Å². The van der Waals surface area contributed by atoms with Crippen LogP contribution in [0.3, 0.4) is 0 Å². The first-order valence-electron chi connectivity index (χ1n) is 10.3. The van der Waals surface area contributed by atoms with E-state index in [0.29, 0.717) is 19.4 Å². The molecular weight excluding hydrogens is 441 g/mol. The van der Waals surface area contributed by atoms with E-state index in [4.69, 9.17) is 11.6 Å². The molecule has 0 saturated carbocycles. The molecule has 0 radical (unpaired) electrons. The van der Waals surface area contributed by atoms with E-state index in [1.54, 1.807) is 0 Å². The van der Waals surface area contributed by atoms with Gasteiger partial charge in [-0.2, -0.15) is 4.31 Å². The number of hydrogen-bond acceptors (Lipinski definition) is 4. The molecule has 1 amide bonds. The number of nitrogens with one attached hydrogen (secondary N) is 1. The van der Waals surface area contributed by atoms with E-state index in [2.05, 4.69) is 10.2 Å². The molecule has 0 aliphatic carbocycles. The fraction of sp³-hybridized carbons (Fsp3) is 0.409. The molecule has 168 valence electrons. The molecule has 0 atom stereocenters. The number of sulfonamides is 1. The molecule has 1 fully saturated rings. The van der Waals surface area contributed by atoms with Gasteiger partial charge in [0, 0.05) is 44.8 Å². The third-order valence-electron chi connectivity index (χ3n) is 5.52. The molecule has 0 unspecified atom stereocenters. The van der Waals surface area contributed by atoms with E-state index in [0.717, 1.165) is 30.8 Å². The Balaban J connectivity index is 1.43. The third-order valence-corrected chi connectivity index (χ3v) is 7.70. The normalized spacial score (nSPS) is 15.6. The van der Waals surface area contributed by atoms with Crippen molar-refractivity contribution in [3.63, 3.8) is 0 Å². The van der Waals surface area contributed by atoms with Crippen LogP contribution in [0.5, 0.6) is 0 Å². The van der Waals surface area contributed by atoms with Crippen molar-refractivity contribution in [3.8, 4) is 0 Å². The Morgan fingerprint density at radius 3 is 2.52 bits per heavy atom. The summed E-state index contributed by atoms with van der Waals surface area (Å²) in [5, 5.41) is 2.74. The highest BCUT2D eigenvalue weighted by molar-refractivity contribution is 7.89. The lowest BCUT2D eigenvalue weighted by Crippen LogP contribution is -2.43. The number of piperidine rings is 1. The number of amides is 1. The molecule has 31 heavy (non-hydrogen) atoms. The van der Waals surface area contributed by atoms with Crippen LogP contribution in [0.25, 0.3) is 0 Å². The summed E-state index contributed by atoms with van der Waals surface area (Å²) in [6, 6.07) is 13.4. The van der Waals surface area contributed by atoms with E-state index in [-0.39, 0.29) is 34.8 Å². The molecule has 1 aliphatic rings. The second kappa shape index (κ2) is 10.4. The van der Waals surface area contributed by atoms with Gasteiger partial charge in [0.25, 0.3) is 0 Å². The number of carbonyl (C=O) groups excluding carboxylic acids is 1. The van der Waals surface area contributed by atoms with Gasteiger partial charge in [-0.05, 0) is 49.6 Å². The number of para-hydroxylation sites is 1. The maximum absolute atomic E-state index is 13.3. The molecule has 0 aromatic heterocycles. The van der Waals surface area contributed by atoms with Crippen molar-refractivity contribution in [2.24, 2.45) is 5.92 Å². The monoisotopic (exact) mass is 467 g/mol. The van der Waals surface area contributed by atoms with Crippen LogP contribution in [-0.4, -0.2) is 51.9 Å². The van der Waals surface area contributed by atoms with Gasteiger partial charge in [0.1, 0.15) is 5.82 Å². The summed E-state index contributed by atoms with van der Waals surface area (Å²) in [5.41, 5.74) is 1.13. The molecule has 1 saturated heterocycles. The fourth-order valence-electron chi connectivity index (χ4n) is 3.63. The van der Waals surface area contributed by atoms with Gasteiger partial charge in [-0.1, -0.05) is 29.8 Å². The van der Waals surface area contributed by atoms with Gasteiger partial charge in [0.05, 0.1) is 9.92 Å². The molecule has 2 aromatic carbocycles. The van der Waals surface area contributed by atoms with Crippen molar-refractivity contribution in [1.82, 2.24) is 9.62 Å². The number of hydrogen-bond donors (Lipinski definition) is 1. The Morgan fingerprint density at radius 2 is 1.87 bits per heavy atom. The largest absolute Gasteiger partial charge is 0.375 e. The Hall–Kier alpha value is -2.16. The number of benzene rings is 2. The summed E-state index contributed by atoms with van der Waals surface area (Å²) in [4.78, 5) is 14.6. The van der Waals surface area contributed by atoms with Crippen molar-refractivity contribution in [2.75, 3.05) is 38.1 Å². The minimum Gasteiger partial charge on any atom is -0.375 e. The smallest absolute Gasteiger partial charge is 0.243 e. The van der Waals surface area contributed by atoms with Gasteiger partial charge >= 0.3 is 0 Å². The van der Waals surface area contributed by atoms with Gasteiger partial charge < -0.3 is 10.2 Å². The minimum absolute atomic E-state index is 0.0377. The minimum atomic E-state index is -3.76. The number of carbonyl (C=O) groups is 1. The van der Waals surface area contributed by atoms with E-state index in [9.17, 15) is 17.6 Å². The highest BCUT2D eigenvalue weighted by Gasteiger charge is 2.32. The summed E-state index contributed by atoms with van der Waals surface area (Å²) in [6.45, 7) is 1.88. The lowest BCUT2D eigenvalue weighted by atomic mass is 9.97. The molecule has 3 rings (SSSR count). The van der Waals surface area contributed by atoms with Gasteiger partial charge in [-0.25, -0.2) is 12.8 Å². The average Bonchev–Trinajstić information content (AvgIpc) is 2.78. The number of halogens is 2. The van der Waals surface area contributed by atoms with Crippen molar-refractivity contribution in [2.45, 2.75) is 24.2 Å². The third kappa shape index (κ3) is 5.96. The lowest BCUT2D eigenvalue weighted by molar-refractivity contribution is -0.126. The average molecular weight is 468 g/mol. The summed E-state index contributed by atoms with van der Waals surface area (Å²) < 4.78 is 40.2. The highest BCUT2D eigenvalue weighted by atomic mass is 35.5. The van der Waals surface area contributed by atoms with Gasteiger partial charge in [-0.3, -0.25) is 4.79 Å². The molecule has 2 aromatic rings. The lowest BCUT2D eigenvalue weighted by Gasteiger charge is -2.30. The Kier molecular flexibility index (Phi) is 7.91. The standard InChI is InChI=1S/C22H27ClFN3O3S/c1-26(18-6-3-2-4-7-18)13-5-12-25-22(28)17-10-14-27(15-11-17)31(29,30)19-8-9-21(24)20(23)16-19/h2-4,6-9,16-17H,5,10-15H2,1H3,(H,25,28). The molecule has 1 heterocycles. The SMILES string of the molecule is CN(CCCNC(=O)C1CCN(S(=O)(=O)c2ccc(F)c(Cl)c2)CC1)c1ccccc1. The molecule has 1 aliphatic heterocycles. The van der Waals surface area contributed by atoms with Crippen LogP contribution < -0.4 is 10.2 Å². The Morgan fingerprint density at radius 1 is 1.19 bits per heavy atom. The second-order valence-corrected chi connectivity index (χ2v) is 10.0. The van der Waals surface area contributed by atoms with Crippen molar-refractivity contribution in [3.05, 3.63) is 59.4 Å². The van der Waals surface area contributed by atoms with Crippen LogP contribution in [0, 0.1) is 11.7 Å². The zero-order chi connectivity index (χ0) is 22.4. The molecule has 6 nitrogen and oxygen atoms in total.